The lowest BCUT2D eigenvalue weighted by Gasteiger charge is -2.37. The lowest BCUT2D eigenvalue weighted by molar-refractivity contribution is -0.127. The molecule has 2 rings (SSSR count). The Labute approximate surface area is 135 Å². The number of hydrogen-bond donors (Lipinski definition) is 0. The highest BCUT2D eigenvalue weighted by atomic mass is 16.1. The van der Waals surface area contributed by atoms with Crippen molar-refractivity contribution in [1.29, 1.82) is 0 Å². The van der Waals surface area contributed by atoms with Crippen LogP contribution < -0.4 is 0 Å². The second-order valence-electron chi connectivity index (χ2n) is 7.73. The largest absolute Gasteiger partial charge is 0.299 e. The molecule has 1 unspecified atom stereocenters. The van der Waals surface area contributed by atoms with Crippen molar-refractivity contribution in [2.75, 3.05) is 0 Å². The Morgan fingerprint density at radius 3 is 2.68 bits per heavy atom. The minimum absolute atomic E-state index is 0.287. The smallest absolute Gasteiger partial charge is 0.136 e. The Morgan fingerprint density at radius 2 is 2.05 bits per heavy atom. The van der Waals surface area contributed by atoms with Gasteiger partial charge in [-0.3, -0.25) is 9.78 Å². The van der Waals surface area contributed by atoms with Gasteiger partial charge < -0.3 is 0 Å². The molecule has 22 heavy (non-hydrogen) atoms. The van der Waals surface area contributed by atoms with Crippen molar-refractivity contribution in [2.45, 2.75) is 59.8 Å². The van der Waals surface area contributed by atoms with E-state index in [4.69, 9.17) is 0 Å². The summed E-state index contributed by atoms with van der Waals surface area (Å²) in [5, 5.41) is 0. The summed E-state index contributed by atoms with van der Waals surface area (Å²) in [5.41, 5.74) is 1.10. The maximum Gasteiger partial charge on any atom is 0.136 e. The van der Waals surface area contributed by atoms with Gasteiger partial charge in [0.05, 0.1) is 0 Å². The molecule has 4 atom stereocenters. The van der Waals surface area contributed by atoms with Crippen molar-refractivity contribution >= 4 is 5.78 Å². The van der Waals surface area contributed by atoms with E-state index in [1.165, 1.54) is 12.8 Å². The maximum absolute atomic E-state index is 12.8. The van der Waals surface area contributed by atoms with Crippen LogP contribution in [0.15, 0.2) is 24.4 Å². The Morgan fingerprint density at radius 1 is 1.27 bits per heavy atom. The van der Waals surface area contributed by atoms with Crippen LogP contribution in [0.1, 0.15) is 59.1 Å². The molecule has 0 N–H and O–H groups in total. The first kappa shape index (κ1) is 17.2. The molecule has 1 heterocycles. The number of Topliss-reactive ketones (excluding diaryl/α,β-unsaturated/α-hetero) is 1. The first-order valence-corrected chi connectivity index (χ1v) is 8.90. The van der Waals surface area contributed by atoms with Gasteiger partial charge in [0.1, 0.15) is 5.78 Å². The molecule has 0 radical (unpaired) electrons. The highest BCUT2D eigenvalue weighted by Gasteiger charge is 2.35. The molecule has 1 aliphatic rings. The topological polar surface area (TPSA) is 30.0 Å². The van der Waals surface area contributed by atoms with Crippen molar-refractivity contribution in [1.82, 2.24) is 4.98 Å². The number of pyridine rings is 1. The SMILES string of the molecule is CC(CC(=O)[C@@H]1C[C@H](C)CC[C@H]1C(C)C)Cc1ccccn1. The fourth-order valence-electron chi connectivity index (χ4n) is 4.02. The maximum atomic E-state index is 12.8. The summed E-state index contributed by atoms with van der Waals surface area (Å²) in [4.78, 5) is 17.2. The highest BCUT2D eigenvalue weighted by Crippen LogP contribution is 2.39. The van der Waals surface area contributed by atoms with Crippen molar-refractivity contribution in [3.05, 3.63) is 30.1 Å². The predicted octanol–water partition coefficient (Wildman–Crippen LogP) is 4.93. The predicted molar refractivity (Wildman–Crippen MR) is 91.6 cm³/mol. The molecule has 122 valence electrons. The second kappa shape index (κ2) is 7.89. The van der Waals surface area contributed by atoms with E-state index >= 15 is 0 Å². The molecular formula is C20H31NO. The zero-order valence-electron chi connectivity index (χ0n) is 14.6. The first-order valence-electron chi connectivity index (χ1n) is 8.90. The lowest BCUT2D eigenvalue weighted by atomic mass is 9.67. The summed E-state index contributed by atoms with van der Waals surface area (Å²) >= 11 is 0. The van der Waals surface area contributed by atoms with Gasteiger partial charge in [0.2, 0.25) is 0 Å². The van der Waals surface area contributed by atoms with Crippen molar-refractivity contribution in [2.24, 2.45) is 29.6 Å². The minimum Gasteiger partial charge on any atom is -0.299 e. The monoisotopic (exact) mass is 301 g/mol. The van der Waals surface area contributed by atoms with Crippen LogP contribution in [0.3, 0.4) is 0 Å². The van der Waals surface area contributed by atoms with Crippen LogP contribution >= 0.6 is 0 Å². The second-order valence-corrected chi connectivity index (χ2v) is 7.73. The molecule has 1 fully saturated rings. The number of ketones is 1. The summed E-state index contributed by atoms with van der Waals surface area (Å²) in [7, 11) is 0. The van der Waals surface area contributed by atoms with Gasteiger partial charge in [-0.25, -0.2) is 0 Å². The van der Waals surface area contributed by atoms with Gasteiger partial charge in [0.25, 0.3) is 0 Å². The van der Waals surface area contributed by atoms with Gasteiger partial charge in [0, 0.05) is 24.2 Å². The Kier molecular flexibility index (Phi) is 6.16. The number of rotatable bonds is 6. The zero-order valence-corrected chi connectivity index (χ0v) is 14.6. The zero-order chi connectivity index (χ0) is 16.1. The third-order valence-electron chi connectivity index (χ3n) is 5.27. The van der Waals surface area contributed by atoms with E-state index in [2.05, 4.69) is 38.7 Å². The van der Waals surface area contributed by atoms with Gasteiger partial charge in [-0.05, 0) is 55.1 Å². The third-order valence-corrected chi connectivity index (χ3v) is 5.27. The highest BCUT2D eigenvalue weighted by molar-refractivity contribution is 5.81. The average molecular weight is 301 g/mol. The standard InChI is InChI=1S/C20H31NO/c1-14(2)18-9-8-15(3)12-19(18)20(22)13-16(4)11-17-7-5-6-10-21-17/h5-7,10,14-16,18-19H,8-9,11-13H2,1-4H3/t15-,16?,18+,19-/m1/s1. The molecule has 0 aromatic carbocycles. The number of carbonyl (C=O) groups excluding carboxylic acids is 1. The Balaban J connectivity index is 1.94. The molecule has 1 aliphatic carbocycles. The van der Waals surface area contributed by atoms with E-state index in [0.717, 1.165) is 18.5 Å². The third kappa shape index (κ3) is 4.66. The fourth-order valence-corrected chi connectivity index (χ4v) is 4.02. The van der Waals surface area contributed by atoms with Crippen LogP contribution in [0.4, 0.5) is 0 Å². The number of nitrogens with zero attached hydrogens (tertiary/aromatic N) is 1. The summed E-state index contributed by atoms with van der Waals surface area (Å²) < 4.78 is 0. The van der Waals surface area contributed by atoms with Crippen LogP contribution in [0.2, 0.25) is 0 Å². The normalized spacial score (nSPS) is 26.9. The van der Waals surface area contributed by atoms with E-state index < -0.39 is 0 Å². The minimum atomic E-state index is 0.287. The lowest BCUT2D eigenvalue weighted by Crippen LogP contribution is -2.34. The molecule has 2 nitrogen and oxygen atoms in total. The number of hydrogen-bond acceptors (Lipinski definition) is 2. The van der Waals surface area contributed by atoms with Gasteiger partial charge in [-0.2, -0.15) is 0 Å². The number of carbonyl (C=O) groups is 1. The summed E-state index contributed by atoms with van der Waals surface area (Å²) in [5.74, 6) is 3.07. The van der Waals surface area contributed by atoms with Crippen molar-refractivity contribution in [3.8, 4) is 0 Å². The molecule has 0 aliphatic heterocycles. The molecule has 0 bridgehead atoms. The fraction of sp³-hybridized carbons (Fsp3) is 0.700. The molecule has 0 spiro atoms. The van der Waals surface area contributed by atoms with E-state index in [1.807, 2.05) is 18.3 Å². The van der Waals surface area contributed by atoms with Crippen LogP contribution in [0, 0.1) is 29.6 Å². The van der Waals surface area contributed by atoms with Crippen LogP contribution in [-0.2, 0) is 11.2 Å². The molecular weight excluding hydrogens is 270 g/mol. The van der Waals surface area contributed by atoms with Crippen molar-refractivity contribution in [3.63, 3.8) is 0 Å². The molecule has 0 amide bonds. The van der Waals surface area contributed by atoms with Crippen LogP contribution in [0.5, 0.6) is 0 Å². The summed E-state index contributed by atoms with van der Waals surface area (Å²) in [6, 6.07) is 6.02. The molecule has 2 heteroatoms. The van der Waals surface area contributed by atoms with Crippen molar-refractivity contribution < 1.29 is 4.79 Å². The quantitative estimate of drug-likeness (QED) is 0.746. The summed E-state index contributed by atoms with van der Waals surface area (Å²) in [6.45, 7) is 9.04. The molecule has 1 saturated carbocycles. The Hall–Kier alpha value is -1.18. The molecule has 1 aromatic heterocycles. The van der Waals surface area contributed by atoms with E-state index in [9.17, 15) is 4.79 Å². The van der Waals surface area contributed by atoms with Crippen LogP contribution in [0.25, 0.3) is 0 Å². The van der Waals surface area contributed by atoms with Gasteiger partial charge in [-0.15, -0.1) is 0 Å². The van der Waals surface area contributed by atoms with Gasteiger partial charge >= 0.3 is 0 Å². The average Bonchev–Trinajstić information content (AvgIpc) is 2.47. The van der Waals surface area contributed by atoms with Gasteiger partial charge in [-0.1, -0.05) is 40.2 Å². The first-order chi connectivity index (χ1) is 10.5. The Bertz CT molecular complexity index is 468. The van der Waals surface area contributed by atoms with E-state index in [0.29, 0.717) is 35.9 Å². The molecule has 1 aromatic rings. The van der Waals surface area contributed by atoms with Crippen LogP contribution in [-0.4, -0.2) is 10.8 Å². The van der Waals surface area contributed by atoms with E-state index in [1.54, 1.807) is 0 Å². The van der Waals surface area contributed by atoms with E-state index in [-0.39, 0.29) is 5.92 Å². The number of aromatic nitrogens is 1. The van der Waals surface area contributed by atoms with Gasteiger partial charge in [0.15, 0.2) is 0 Å². The molecule has 0 saturated heterocycles. The summed E-state index contributed by atoms with van der Waals surface area (Å²) in [6.07, 6.45) is 7.05.